The minimum absolute atomic E-state index is 0. The molecule has 164 valence electrons. The van der Waals surface area contributed by atoms with E-state index in [0.717, 1.165) is 17.8 Å². The van der Waals surface area contributed by atoms with Gasteiger partial charge in [0.25, 0.3) is 0 Å². The van der Waals surface area contributed by atoms with Gasteiger partial charge in [-0.1, -0.05) is 31.9 Å². The molecule has 4 aromatic rings. The molecular weight excluding hydrogens is 408 g/mol. The monoisotopic (exact) mass is 438 g/mol. The van der Waals surface area contributed by atoms with Gasteiger partial charge in [0.15, 0.2) is 0 Å². The van der Waals surface area contributed by atoms with Crippen LogP contribution < -0.4 is 0 Å². The van der Waals surface area contributed by atoms with Gasteiger partial charge in [-0.25, -0.2) is 4.68 Å². The molecule has 1 aliphatic carbocycles. The SMILES string of the molecule is CCc1nn(C2CCCC2)c2cc(-c3ccnn3-c3ccc(SC)cc3)ccc12.O.O. The molecule has 0 atom stereocenters. The van der Waals surface area contributed by atoms with Crippen molar-refractivity contribution < 1.29 is 11.0 Å². The Morgan fingerprint density at radius 1 is 1.00 bits per heavy atom. The van der Waals surface area contributed by atoms with Crippen molar-refractivity contribution in [2.75, 3.05) is 6.26 Å². The number of thioether (sulfide) groups is 1. The van der Waals surface area contributed by atoms with Crippen LogP contribution in [0.5, 0.6) is 0 Å². The Morgan fingerprint density at radius 3 is 2.42 bits per heavy atom. The molecule has 2 heterocycles. The van der Waals surface area contributed by atoms with Crippen LogP contribution in [0, 0.1) is 0 Å². The van der Waals surface area contributed by atoms with E-state index in [1.807, 2.05) is 10.9 Å². The summed E-state index contributed by atoms with van der Waals surface area (Å²) in [5.41, 5.74) is 5.85. The Kier molecular flexibility index (Phi) is 7.20. The summed E-state index contributed by atoms with van der Waals surface area (Å²) in [6.45, 7) is 2.20. The average Bonchev–Trinajstić information content (AvgIpc) is 3.52. The van der Waals surface area contributed by atoms with E-state index < -0.39 is 0 Å². The molecule has 31 heavy (non-hydrogen) atoms. The first kappa shape index (κ1) is 23.1. The van der Waals surface area contributed by atoms with Crippen LogP contribution in [0.1, 0.15) is 44.3 Å². The maximum absolute atomic E-state index is 5.00. The van der Waals surface area contributed by atoms with Crippen LogP contribution in [0.2, 0.25) is 0 Å². The second kappa shape index (κ2) is 9.68. The smallest absolute Gasteiger partial charge is 0.0741 e. The lowest BCUT2D eigenvalue weighted by atomic mass is 10.1. The zero-order chi connectivity index (χ0) is 19.8. The maximum atomic E-state index is 5.00. The molecule has 0 aliphatic heterocycles. The van der Waals surface area contributed by atoms with Crippen LogP contribution in [0.4, 0.5) is 0 Å². The van der Waals surface area contributed by atoms with Crippen LogP contribution in [0.15, 0.2) is 59.6 Å². The lowest BCUT2D eigenvalue weighted by Gasteiger charge is -2.12. The van der Waals surface area contributed by atoms with Crippen molar-refractivity contribution in [3.63, 3.8) is 0 Å². The fourth-order valence-corrected chi connectivity index (χ4v) is 4.91. The van der Waals surface area contributed by atoms with E-state index in [2.05, 4.69) is 71.5 Å². The van der Waals surface area contributed by atoms with Gasteiger partial charge < -0.3 is 11.0 Å². The number of rotatable bonds is 5. The third-order valence-electron chi connectivity index (χ3n) is 6.04. The molecule has 1 saturated carbocycles. The molecule has 4 N–H and O–H groups in total. The zero-order valence-corrected chi connectivity index (χ0v) is 18.8. The molecule has 0 amide bonds. The molecule has 1 fully saturated rings. The third-order valence-corrected chi connectivity index (χ3v) is 6.79. The highest BCUT2D eigenvalue weighted by Crippen LogP contribution is 2.35. The molecule has 0 radical (unpaired) electrons. The van der Waals surface area contributed by atoms with Crippen molar-refractivity contribution in [1.82, 2.24) is 19.6 Å². The van der Waals surface area contributed by atoms with Crippen molar-refractivity contribution in [3.05, 3.63) is 60.4 Å². The van der Waals surface area contributed by atoms with Crippen molar-refractivity contribution >= 4 is 22.7 Å². The number of fused-ring (bicyclic) bond motifs is 1. The van der Waals surface area contributed by atoms with Crippen molar-refractivity contribution in [1.29, 1.82) is 0 Å². The van der Waals surface area contributed by atoms with Gasteiger partial charge in [-0.15, -0.1) is 11.8 Å². The second-order valence-corrected chi connectivity index (χ2v) is 8.62. The summed E-state index contributed by atoms with van der Waals surface area (Å²) < 4.78 is 4.33. The molecule has 7 heteroatoms. The molecule has 2 aromatic heterocycles. The lowest BCUT2D eigenvalue weighted by molar-refractivity contribution is 0.478. The van der Waals surface area contributed by atoms with Gasteiger partial charge >= 0.3 is 0 Å². The Bertz CT molecular complexity index is 1140. The number of aryl methyl sites for hydroxylation is 1. The number of hydrogen-bond acceptors (Lipinski definition) is 3. The van der Waals surface area contributed by atoms with Crippen LogP contribution in [0.25, 0.3) is 27.8 Å². The fraction of sp³-hybridized carbons (Fsp3) is 0.333. The Labute approximate surface area is 186 Å². The van der Waals surface area contributed by atoms with Gasteiger partial charge in [0.05, 0.1) is 34.8 Å². The lowest BCUT2D eigenvalue weighted by Crippen LogP contribution is -2.06. The molecule has 6 nitrogen and oxygen atoms in total. The average molecular weight is 439 g/mol. The van der Waals surface area contributed by atoms with Gasteiger partial charge in [-0.3, -0.25) is 4.68 Å². The topological polar surface area (TPSA) is 98.6 Å². The highest BCUT2D eigenvalue weighted by Gasteiger charge is 2.22. The Balaban J connectivity index is 0.00000136. The molecule has 0 saturated heterocycles. The molecule has 0 unspecified atom stereocenters. The van der Waals surface area contributed by atoms with E-state index in [-0.39, 0.29) is 11.0 Å². The van der Waals surface area contributed by atoms with Crippen LogP contribution in [0.3, 0.4) is 0 Å². The van der Waals surface area contributed by atoms with Crippen LogP contribution in [-0.4, -0.2) is 36.8 Å². The van der Waals surface area contributed by atoms with Crippen molar-refractivity contribution in [3.8, 4) is 16.9 Å². The largest absolute Gasteiger partial charge is 0.412 e. The Morgan fingerprint density at radius 2 is 1.74 bits per heavy atom. The predicted octanol–water partition coefficient (Wildman–Crippen LogP) is 4.64. The number of aromatic nitrogens is 4. The molecule has 2 aromatic carbocycles. The number of nitrogens with zero attached hydrogens (tertiary/aromatic N) is 4. The highest BCUT2D eigenvalue weighted by atomic mass is 32.2. The van der Waals surface area contributed by atoms with Crippen molar-refractivity contribution in [2.24, 2.45) is 0 Å². The summed E-state index contributed by atoms with van der Waals surface area (Å²) in [4.78, 5) is 1.26. The van der Waals surface area contributed by atoms with Crippen LogP contribution in [-0.2, 0) is 6.42 Å². The first-order valence-electron chi connectivity index (χ1n) is 10.5. The molecule has 5 rings (SSSR count). The quantitative estimate of drug-likeness (QED) is 0.424. The van der Waals surface area contributed by atoms with Gasteiger partial charge in [0.1, 0.15) is 0 Å². The highest BCUT2D eigenvalue weighted by molar-refractivity contribution is 7.98. The van der Waals surface area contributed by atoms with E-state index in [1.54, 1.807) is 11.8 Å². The normalized spacial score (nSPS) is 13.9. The first-order valence-corrected chi connectivity index (χ1v) is 11.7. The van der Waals surface area contributed by atoms with E-state index in [4.69, 9.17) is 5.10 Å². The summed E-state index contributed by atoms with van der Waals surface area (Å²) in [6, 6.07) is 18.0. The summed E-state index contributed by atoms with van der Waals surface area (Å²) in [5.74, 6) is 0. The van der Waals surface area contributed by atoms with Gasteiger partial charge in [-0.2, -0.15) is 10.2 Å². The summed E-state index contributed by atoms with van der Waals surface area (Å²) in [6.07, 6.45) is 10.1. The minimum Gasteiger partial charge on any atom is -0.412 e. The van der Waals surface area contributed by atoms with E-state index in [1.165, 1.54) is 52.7 Å². The second-order valence-electron chi connectivity index (χ2n) is 7.74. The van der Waals surface area contributed by atoms with E-state index >= 15 is 0 Å². The first-order chi connectivity index (χ1) is 14.3. The zero-order valence-electron chi connectivity index (χ0n) is 18.0. The maximum Gasteiger partial charge on any atom is 0.0741 e. The summed E-state index contributed by atoms with van der Waals surface area (Å²) >= 11 is 1.76. The van der Waals surface area contributed by atoms with Crippen molar-refractivity contribution in [2.45, 2.75) is 50.0 Å². The summed E-state index contributed by atoms with van der Waals surface area (Å²) in [7, 11) is 0. The van der Waals surface area contributed by atoms with E-state index in [9.17, 15) is 0 Å². The third kappa shape index (κ3) is 4.13. The summed E-state index contributed by atoms with van der Waals surface area (Å²) in [5, 5.41) is 10.9. The number of hydrogen-bond donors (Lipinski definition) is 0. The van der Waals surface area contributed by atoms with E-state index in [0.29, 0.717) is 6.04 Å². The Hall–Kier alpha value is -2.61. The molecule has 0 bridgehead atoms. The minimum atomic E-state index is 0. The van der Waals surface area contributed by atoms with Gasteiger partial charge in [0.2, 0.25) is 0 Å². The van der Waals surface area contributed by atoms with Gasteiger partial charge in [-0.05, 0) is 61.9 Å². The predicted molar refractivity (Wildman–Crippen MR) is 128 cm³/mol. The fourth-order valence-electron chi connectivity index (χ4n) is 4.50. The number of benzene rings is 2. The molecular formula is C24H30N4O2S. The van der Waals surface area contributed by atoms with Gasteiger partial charge in [0, 0.05) is 15.8 Å². The molecule has 0 spiro atoms. The van der Waals surface area contributed by atoms with Crippen LogP contribution >= 0.6 is 11.8 Å². The standard InChI is InChI=1S/C24H26N4S.2H2O/c1-3-22-21-13-8-17(16-24(21)28(26-22)18-6-4-5-7-18)23-14-15-25-27(23)19-9-11-20(29-2)12-10-19;;/h8-16,18H,3-7H2,1-2H3;2*1H2. The molecule has 1 aliphatic rings.